The molecule has 2 heterocycles. The lowest BCUT2D eigenvalue weighted by molar-refractivity contribution is 0.0569. The molecule has 0 unspecified atom stereocenters. The summed E-state index contributed by atoms with van der Waals surface area (Å²) in [7, 11) is 0. The molecule has 1 aromatic heterocycles. The Hall–Kier alpha value is -2.90. The number of amides is 2. The number of piperazine rings is 1. The molecule has 1 aliphatic heterocycles. The molecule has 2 amide bonds. The van der Waals surface area contributed by atoms with E-state index in [-0.39, 0.29) is 23.7 Å². The van der Waals surface area contributed by atoms with Crippen LogP contribution in [0.3, 0.4) is 0 Å². The van der Waals surface area contributed by atoms with Gasteiger partial charge in [0.25, 0.3) is 5.91 Å². The molecule has 2 aromatic rings. The second-order valence-corrected chi connectivity index (χ2v) is 6.96. The fourth-order valence-corrected chi connectivity index (χ4v) is 3.34. The number of hydrogen-bond donors (Lipinski definition) is 0. The van der Waals surface area contributed by atoms with Crippen LogP contribution in [0, 0.1) is 5.82 Å². The monoisotopic (exact) mass is 388 g/mol. The largest absolute Gasteiger partial charge is 0.450 e. The summed E-state index contributed by atoms with van der Waals surface area (Å²) in [4.78, 5) is 28.3. The summed E-state index contributed by atoms with van der Waals surface area (Å²) in [6, 6.07) is 6.02. The first-order chi connectivity index (χ1) is 13.4. The second kappa shape index (κ2) is 8.41. The molecule has 150 valence electrons. The molecule has 8 heteroatoms. The van der Waals surface area contributed by atoms with E-state index in [2.05, 4.69) is 5.10 Å². The van der Waals surface area contributed by atoms with Gasteiger partial charge in [-0.2, -0.15) is 5.10 Å². The summed E-state index contributed by atoms with van der Waals surface area (Å²) >= 11 is 0. The Morgan fingerprint density at radius 1 is 1.11 bits per heavy atom. The molecule has 0 atom stereocenters. The zero-order valence-electron chi connectivity index (χ0n) is 16.4. The third-order valence-electron chi connectivity index (χ3n) is 4.75. The SMILES string of the molecule is CCOC(=O)N1CCN(C(=O)c2cnn(-c3ccc(F)cc3)c2C(C)C)CC1. The zero-order valence-corrected chi connectivity index (χ0v) is 16.4. The van der Waals surface area contributed by atoms with Crippen LogP contribution in [0.1, 0.15) is 42.7 Å². The molecule has 28 heavy (non-hydrogen) atoms. The van der Waals surface area contributed by atoms with E-state index in [1.54, 1.807) is 39.7 Å². The fraction of sp³-hybridized carbons (Fsp3) is 0.450. The molecule has 1 aliphatic rings. The number of halogens is 1. The number of ether oxygens (including phenoxy) is 1. The lowest BCUT2D eigenvalue weighted by atomic mass is 10.0. The van der Waals surface area contributed by atoms with Gasteiger partial charge in [-0.3, -0.25) is 4.79 Å². The van der Waals surface area contributed by atoms with Crippen LogP contribution in [0.15, 0.2) is 30.5 Å². The number of carbonyl (C=O) groups excluding carboxylic acids is 2. The van der Waals surface area contributed by atoms with Crippen LogP contribution in [-0.2, 0) is 4.74 Å². The van der Waals surface area contributed by atoms with Gasteiger partial charge < -0.3 is 14.5 Å². The molecule has 0 N–H and O–H groups in total. The number of carbonyl (C=O) groups is 2. The minimum atomic E-state index is -0.346. The first-order valence-electron chi connectivity index (χ1n) is 9.47. The average Bonchev–Trinajstić information content (AvgIpc) is 3.13. The van der Waals surface area contributed by atoms with Crippen LogP contribution in [0.4, 0.5) is 9.18 Å². The van der Waals surface area contributed by atoms with Crippen LogP contribution in [0.2, 0.25) is 0 Å². The predicted octanol–water partition coefficient (Wildman–Crippen LogP) is 3.05. The van der Waals surface area contributed by atoms with Gasteiger partial charge in [-0.1, -0.05) is 13.8 Å². The van der Waals surface area contributed by atoms with Crippen LogP contribution in [0.5, 0.6) is 0 Å². The van der Waals surface area contributed by atoms with Crippen LogP contribution in [-0.4, -0.2) is 64.4 Å². The topological polar surface area (TPSA) is 67.7 Å². The van der Waals surface area contributed by atoms with Gasteiger partial charge in [0.2, 0.25) is 0 Å². The molecule has 0 bridgehead atoms. The van der Waals surface area contributed by atoms with E-state index in [0.29, 0.717) is 44.0 Å². The van der Waals surface area contributed by atoms with E-state index in [4.69, 9.17) is 4.74 Å². The van der Waals surface area contributed by atoms with Crippen molar-refractivity contribution in [3.8, 4) is 5.69 Å². The van der Waals surface area contributed by atoms with Gasteiger partial charge in [-0.15, -0.1) is 0 Å². The summed E-state index contributed by atoms with van der Waals surface area (Å²) < 4.78 is 20.0. The summed E-state index contributed by atoms with van der Waals surface area (Å²) in [6.07, 6.45) is 1.22. The van der Waals surface area contributed by atoms with Crippen molar-refractivity contribution in [2.75, 3.05) is 32.8 Å². The summed E-state index contributed by atoms with van der Waals surface area (Å²) in [5.74, 6) is -0.384. The highest BCUT2D eigenvalue weighted by Crippen LogP contribution is 2.25. The molecular formula is C20H25FN4O3. The molecule has 1 fully saturated rings. The third kappa shape index (κ3) is 4.00. The predicted molar refractivity (Wildman–Crippen MR) is 102 cm³/mol. The normalized spacial score (nSPS) is 14.5. The fourth-order valence-electron chi connectivity index (χ4n) is 3.34. The van der Waals surface area contributed by atoms with Crippen molar-refractivity contribution in [3.63, 3.8) is 0 Å². The zero-order chi connectivity index (χ0) is 20.3. The lowest BCUT2D eigenvalue weighted by Gasteiger charge is -2.34. The Labute approximate surface area is 163 Å². The summed E-state index contributed by atoms with van der Waals surface area (Å²) in [6.45, 7) is 7.84. The van der Waals surface area contributed by atoms with Crippen molar-refractivity contribution < 1.29 is 18.7 Å². The van der Waals surface area contributed by atoms with Crippen LogP contribution < -0.4 is 0 Å². The molecule has 1 saturated heterocycles. The van der Waals surface area contributed by atoms with Crippen molar-refractivity contribution >= 4 is 12.0 Å². The van der Waals surface area contributed by atoms with E-state index >= 15 is 0 Å². The molecule has 0 spiro atoms. The van der Waals surface area contributed by atoms with E-state index in [0.717, 1.165) is 5.69 Å². The number of aromatic nitrogens is 2. The quantitative estimate of drug-likeness (QED) is 0.807. The van der Waals surface area contributed by atoms with Crippen LogP contribution in [0.25, 0.3) is 5.69 Å². The second-order valence-electron chi connectivity index (χ2n) is 6.96. The first kappa shape index (κ1) is 19.9. The number of nitrogens with zero attached hydrogens (tertiary/aromatic N) is 4. The first-order valence-corrected chi connectivity index (χ1v) is 9.47. The van der Waals surface area contributed by atoms with Gasteiger partial charge in [0.1, 0.15) is 5.82 Å². The van der Waals surface area contributed by atoms with Crippen molar-refractivity contribution in [1.82, 2.24) is 19.6 Å². The van der Waals surface area contributed by atoms with Gasteiger partial charge >= 0.3 is 6.09 Å². The van der Waals surface area contributed by atoms with Gasteiger partial charge in [0.15, 0.2) is 0 Å². The highest BCUT2D eigenvalue weighted by atomic mass is 19.1. The maximum Gasteiger partial charge on any atom is 0.409 e. The third-order valence-corrected chi connectivity index (χ3v) is 4.75. The minimum Gasteiger partial charge on any atom is -0.450 e. The summed E-state index contributed by atoms with van der Waals surface area (Å²) in [5, 5.41) is 4.38. The smallest absolute Gasteiger partial charge is 0.409 e. The number of benzene rings is 1. The van der Waals surface area contributed by atoms with E-state index < -0.39 is 0 Å². The summed E-state index contributed by atoms with van der Waals surface area (Å²) in [5.41, 5.74) is 2.02. The van der Waals surface area contributed by atoms with E-state index in [1.807, 2.05) is 13.8 Å². The highest BCUT2D eigenvalue weighted by Gasteiger charge is 2.29. The van der Waals surface area contributed by atoms with Gasteiger partial charge in [-0.05, 0) is 37.1 Å². The van der Waals surface area contributed by atoms with Crippen LogP contribution >= 0.6 is 0 Å². The molecule has 0 saturated carbocycles. The lowest BCUT2D eigenvalue weighted by Crippen LogP contribution is -2.50. The highest BCUT2D eigenvalue weighted by molar-refractivity contribution is 5.95. The number of hydrogen-bond acceptors (Lipinski definition) is 4. The van der Waals surface area contributed by atoms with Gasteiger partial charge in [0.05, 0.1) is 29.7 Å². The van der Waals surface area contributed by atoms with E-state index in [1.165, 1.54) is 12.1 Å². The maximum atomic E-state index is 13.2. The Kier molecular flexibility index (Phi) is 5.96. The maximum absolute atomic E-state index is 13.2. The molecule has 0 radical (unpaired) electrons. The van der Waals surface area contributed by atoms with Gasteiger partial charge in [0, 0.05) is 26.2 Å². The van der Waals surface area contributed by atoms with Crippen molar-refractivity contribution in [1.29, 1.82) is 0 Å². The Bertz CT molecular complexity index is 840. The standard InChI is InChI=1S/C20H25FN4O3/c1-4-28-20(27)24-11-9-23(10-12-24)19(26)17-13-22-25(18(17)14(2)3)16-7-5-15(21)6-8-16/h5-8,13-14H,4,9-12H2,1-3H3. The minimum absolute atomic E-state index is 0.0484. The van der Waals surface area contributed by atoms with Crippen molar-refractivity contribution in [3.05, 3.63) is 47.5 Å². The Balaban J connectivity index is 1.79. The molecular weight excluding hydrogens is 363 g/mol. The average molecular weight is 388 g/mol. The van der Waals surface area contributed by atoms with Gasteiger partial charge in [-0.25, -0.2) is 13.9 Å². The van der Waals surface area contributed by atoms with Crippen molar-refractivity contribution in [2.24, 2.45) is 0 Å². The molecule has 0 aliphatic carbocycles. The molecule has 7 nitrogen and oxygen atoms in total. The molecule has 1 aromatic carbocycles. The number of rotatable bonds is 4. The Morgan fingerprint density at radius 3 is 2.29 bits per heavy atom. The van der Waals surface area contributed by atoms with Crippen molar-refractivity contribution in [2.45, 2.75) is 26.7 Å². The van der Waals surface area contributed by atoms with E-state index in [9.17, 15) is 14.0 Å². The Morgan fingerprint density at radius 2 is 1.71 bits per heavy atom. The molecule has 3 rings (SSSR count).